The molecule has 0 aromatic heterocycles. The van der Waals surface area contributed by atoms with Gasteiger partial charge in [0.15, 0.2) is 0 Å². The zero-order valence-corrected chi connectivity index (χ0v) is 10.2. The Kier molecular flexibility index (Phi) is 6.72. The first-order chi connectivity index (χ1) is 7.01. The number of amides is 1. The van der Waals surface area contributed by atoms with Gasteiger partial charge in [0.1, 0.15) is 0 Å². The maximum absolute atomic E-state index is 11.5. The normalized spacial score (nSPS) is 12.3. The van der Waals surface area contributed by atoms with Crippen molar-refractivity contribution in [3.8, 4) is 6.07 Å². The summed E-state index contributed by atoms with van der Waals surface area (Å²) in [6, 6.07) is 2.19. The van der Waals surface area contributed by atoms with Crippen LogP contribution >= 0.6 is 0 Å². The molecule has 0 bridgehead atoms. The molecule has 0 saturated carbocycles. The van der Waals surface area contributed by atoms with Crippen molar-refractivity contribution in [2.75, 3.05) is 33.7 Å². The molecule has 0 aliphatic heterocycles. The minimum absolute atomic E-state index is 0.0217. The van der Waals surface area contributed by atoms with E-state index < -0.39 is 0 Å². The number of hydrogen-bond donors (Lipinski definition) is 0. The molecule has 0 heterocycles. The van der Waals surface area contributed by atoms with Crippen molar-refractivity contribution in [3.63, 3.8) is 0 Å². The molecular weight excluding hydrogens is 190 g/mol. The third-order valence-corrected chi connectivity index (χ3v) is 2.15. The average molecular weight is 211 g/mol. The van der Waals surface area contributed by atoms with Crippen LogP contribution in [0.25, 0.3) is 0 Å². The van der Waals surface area contributed by atoms with Gasteiger partial charge in [-0.1, -0.05) is 6.92 Å². The predicted molar refractivity (Wildman–Crippen MR) is 60.2 cm³/mol. The van der Waals surface area contributed by atoms with Crippen LogP contribution in [0.15, 0.2) is 0 Å². The van der Waals surface area contributed by atoms with Crippen LogP contribution in [0.1, 0.15) is 20.3 Å². The summed E-state index contributed by atoms with van der Waals surface area (Å²) in [7, 11) is 3.50. The summed E-state index contributed by atoms with van der Waals surface area (Å²) in [4.78, 5) is 15.1. The van der Waals surface area contributed by atoms with Gasteiger partial charge in [-0.3, -0.25) is 9.69 Å². The summed E-state index contributed by atoms with van der Waals surface area (Å²) in [6.45, 7) is 5.90. The van der Waals surface area contributed by atoms with Gasteiger partial charge in [-0.2, -0.15) is 5.26 Å². The van der Waals surface area contributed by atoms with E-state index in [0.717, 1.165) is 13.0 Å². The van der Waals surface area contributed by atoms with Crippen LogP contribution in [-0.2, 0) is 4.79 Å². The molecule has 0 saturated heterocycles. The van der Waals surface area contributed by atoms with Crippen LogP contribution in [0.3, 0.4) is 0 Å². The number of carbonyl (C=O) groups excluding carboxylic acids is 1. The van der Waals surface area contributed by atoms with Gasteiger partial charge in [-0.15, -0.1) is 0 Å². The average Bonchev–Trinajstić information content (AvgIpc) is 2.17. The van der Waals surface area contributed by atoms with Crippen molar-refractivity contribution < 1.29 is 4.79 Å². The van der Waals surface area contributed by atoms with Gasteiger partial charge in [0.25, 0.3) is 0 Å². The molecule has 0 aromatic carbocycles. The monoisotopic (exact) mass is 211 g/mol. The van der Waals surface area contributed by atoms with Gasteiger partial charge in [0, 0.05) is 20.6 Å². The highest BCUT2D eigenvalue weighted by Crippen LogP contribution is 2.00. The molecule has 0 spiro atoms. The van der Waals surface area contributed by atoms with Crippen LogP contribution < -0.4 is 0 Å². The molecule has 1 atom stereocenters. The van der Waals surface area contributed by atoms with E-state index in [2.05, 4.69) is 13.0 Å². The lowest BCUT2D eigenvalue weighted by Crippen LogP contribution is -2.39. The van der Waals surface area contributed by atoms with Crippen LogP contribution in [0.5, 0.6) is 0 Å². The molecule has 4 heteroatoms. The van der Waals surface area contributed by atoms with Gasteiger partial charge in [-0.05, 0) is 19.9 Å². The van der Waals surface area contributed by atoms with E-state index in [9.17, 15) is 4.79 Å². The molecule has 0 N–H and O–H groups in total. The molecule has 86 valence electrons. The van der Waals surface area contributed by atoms with Crippen molar-refractivity contribution in [3.05, 3.63) is 0 Å². The van der Waals surface area contributed by atoms with Gasteiger partial charge >= 0.3 is 0 Å². The van der Waals surface area contributed by atoms with Crippen molar-refractivity contribution in [2.45, 2.75) is 20.3 Å². The van der Waals surface area contributed by atoms with Crippen LogP contribution in [0.4, 0.5) is 0 Å². The first-order valence-corrected chi connectivity index (χ1v) is 5.33. The fourth-order valence-corrected chi connectivity index (χ4v) is 1.31. The van der Waals surface area contributed by atoms with Gasteiger partial charge in [-0.25, -0.2) is 0 Å². The third kappa shape index (κ3) is 6.08. The zero-order valence-electron chi connectivity index (χ0n) is 10.2. The van der Waals surface area contributed by atoms with Crippen LogP contribution in [0.2, 0.25) is 0 Å². The molecule has 0 aliphatic rings. The molecule has 0 fully saturated rings. The van der Waals surface area contributed by atoms with E-state index in [1.807, 2.05) is 11.8 Å². The maximum Gasteiger partial charge on any atom is 0.236 e. The second kappa shape index (κ2) is 7.24. The van der Waals surface area contributed by atoms with Crippen LogP contribution in [0, 0.1) is 17.2 Å². The van der Waals surface area contributed by atoms with E-state index in [4.69, 9.17) is 5.26 Å². The standard InChI is InChI=1S/C11H21N3O/c1-5-6-14(8-10(2)7-12)9-11(15)13(3)4/h10H,5-6,8-9H2,1-4H3. The van der Waals surface area contributed by atoms with Gasteiger partial charge in [0.2, 0.25) is 5.91 Å². The molecule has 0 rings (SSSR count). The Balaban J connectivity index is 4.16. The number of nitrogens with zero attached hydrogens (tertiary/aromatic N) is 3. The van der Waals surface area contributed by atoms with Crippen molar-refractivity contribution >= 4 is 5.91 Å². The minimum Gasteiger partial charge on any atom is -0.348 e. The molecule has 1 amide bonds. The Morgan fingerprint density at radius 2 is 2.07 bits per heavy atom. The Hall–Kier alpha value is -1.08. The molecule has 1 unspecified atom stereocenters. The van der Waals surface area contributed by atoms with Gasteiger partial charge < -0.3 is 4.90 Å². The van der Waals surface area contributed by atoms with Crippen molar-refractivity contribution in [1.82, 2.24) is 9.80 Å². The number of nitriles is 1. The van der Waals surface area contributed by atoms with Crippen molar-refractivity contribution in [2.24, 2.45) is 5.92 Å². The van der Waals surface area contributed by atoms with Crippen LogP contribution in [-0.4, -0.2) is 49.4 Å². The molecule has 4 nitrogen and oxygen atoms in total. The maximum atomic E-state index is 11.5. The summed E-state index contributed by atoms with van der Waals surface area (Å²) < 4.78 is 0. The predicted octanol–water partition coefficient (Wildman–Crippen LogP) is 0.946. The SMILES string of the molecule is CCCN(CC(=O)N(C)C)CC(C)C#N. The zero-order chi connectivity index (χ0) is 11.8. The summed E-state index contributed by atoms with van der Waals surface area (Å²) in [5, 5.41) is 8.72. The summed E-state index contributed by atoms with van der Waals surface area (Å²) in [6.07, 6.45) is 0.999. The molecule has 15 heavy (non-hydrogen) atoms. The second-order valence-electron chi connectivity index (χ2n) is 4.05. The fraction of sp³-hybridized carbons (Fsp3) is 0.818. The lowest BCUT2D eigenvalue weighted by molar-refractivity contribution is -0.130. The quantitative estimate of drug-likeness (QED) is 0.657. The lowest BCUT2D eigenvalue weighted by Gasteiger charge is -2.23. The number of rotatable bonds is 6. The fourth-order valence-electron chi connectivity index (χ4n) is 1.31. The lowest BCUT2D eigenvalue weighted by atomic mass is 10.2. The minimum atomic E-state index is -0.0217. The molecule has 0 aromatic rings. The van der Waals surface area contributed by atoms with E-state index in [1.54, 1.807) is 19.0 Å². The topological polar surface area (TPSA) is 47.3 Å². The third-order valence-electron chi connectivity index (χ3n) is 2.15. The van der Waals surface area contributed by atoms with E-state index >= 15 is 0 Å². The first kappa shape index (κ1) is 13.9. The highest BCUT2D eigenvalue weighted by molar-refractivity contribution is 5.77. The Labute approximate surface area is 92.5 Å². The highest BCUT2D eigenvalue weighted by atomic mass is 16.2. The van der Waals surface area contributed by atoms with E-state index in [1.165, 1.54) is 0 Å². The summed E-state index contributed by atoms with van der Waals surface area (Å²) in [5.74, 6) is 0.0695. The molecule has 0 radical (unpaired) electrons. The highest BCUT2D eigenvalue weighted by Gasteiger charge is 2.13. The molecule has 0 aliphatic carbocycles. The summed E-state index contributed by atoms with van der Waals surface area (Å²) in [5.41, 5.74) is 0. The number of likely N-dealkylation sites (N-methyl/N-ethyl adjacent to an activating group) is 1. The molecular formula is C11H21N3O. The largest absolute Gasteiger partial charge is 0.348 e. The van der Waals surface area contributed by atoms with Crippen molar-refractivity contribution in [1.29, 1.82) is 5.26 Å². The number of hydrogen-bond acceptors (Lipinski definition) is 3. The Morgan fingerprint density at radius 3 is 2.47 bits per heavy atom. The van der Waals surface area contributed by atoms with Gasteiger partial charge in [0.05, 0.1) is 18.5 Å². The Bertz CT molecular complexity index is 232. The van der Waals surface area contributed by atoms with E-state index in [0.29, 0.717) is 13.1 Å². The summed E-state index contributed by atoms with van der Waals surface area (Å²) >= 11 is 0. The number of carbonyl (C=O) groups is 1. The Morgan fingerprint density at radius 1 is 1.47 bits per heavy atom. The smallest absolute Gasteiger partial charge is 0.236 e. The second-order valence-corrected chi connectivity index (χ2v) is 4.05. The first-order valence-electron chi connectivity index (χ1n) is 5.33. The van der Waals surface area contributed by atoms with E-state index in [-0.39, 0.29) is 11.8 Å².